The lowest BCUT2D eigenvalue weighted by atomic mass is 10.0. The summed E-state index contributed by atoms with van der Waals surface area (Å²) in [4.78, 5) is 13.5. The van der Waals surface area contributed by atoms with E-state index in [4.69, 9.17) is 5.11 Å². The molecule has 0 radical (unpaired) electrons. The molecule has 0 saturated carbocycles. The lowest BCUT2D eigenvalue weighted by molar-refractivity contribution is 0.0691. The third-order valence-corrected chi connectivity index (χ3v) is 2.76. The van der Waals surface area contributed by atoms with Gasteiger partial charge in [0.25, 0.3) is 0 Å². The minimum atomic E-state index is -0.910. The molecule has 0 saturated heterocycles. The van der Waals surface area contributed by atoms with E-state index in [-0.39, 0.29) is 5.69 Å². The minimum Gasteiger partial charge on any atom is -0.477 e. The number of carbonyl (C=O) groups is 1. The molecular formula is C14H15NO2. The van der Waals surface area contributed by atoms with Gasteiger partial charge in [-0.1, -0.05) is 29.8 Å². The van der Waals surface area contributed by atoms with Crippen LogP contribution in [0.25, 0.3) is 0 Å². The fourth-order valence-corrected chi connectivity index (χ4v) is 1.86. The Morgan fingerprint density at radius 1 is 1.24 bits per heavy atom. The van der Waals surface area contributed by atoms with Crippen LogP contribution in [0.5, 0.6) is 0 Å². The highest BCUT2D eigenvalue weighted by molar-refractivity contribution is 5.85. The lowest BCUT2D eigenvalue weighted by Gasteiger charge is -2.01. The number of aryl methyl sites for hydroxylation is 3. The monoisotopic (exact) mass is 229 g/mol. The van der Waals surface area contributed by atoms with Crippen LogP contribution in [0, 0.1) is 6.92 Å². The van der Waals surface area contributed by atoms with Gasteiger partial charge >= 0.3 is 5.97 Å². The van der Waals surface area contributed by atoms with Crippen molar-refractivity contribution in [3.63, 3.8) is 0 Å². The second-order valence-electron chi connectivity index (χ2n) is 4.22. The van der Waals surface area contributed by atoms with Gasteiger partial charge in [0.05, 0.1) is 0 Å². The molecule has 0 spiro atoms. The number of hydrogen-bond acceptors (Lipinski definition) is 1. The summed E-state index contributed by atoms with van der Waals surface area (Å²) in [5, 5.41) is 8.79. The van der Waals surface area contributed by atoms with E-state index in [0.717, 1.165) is 18.4 Å². The van der Waals surface area contributed by atoms with Gasteiger partial charge in [-0.05, 0) is 37.0 Å². The number of rotatable bonds is 4. The Balaban J connectivity index is 2.00. The number of H-pyrrole nitrogens is 1. The van der Waals surface area contributed by atoms with Crippen LogP contribution >= 0.6 is 0 Å². The van der Waals surface area contributed by atoms with E-state index in [1.165, 1.54) is 11.1 Å². The topological polar surface area (TPSA) is 53.1 Å². The van der Waals surface area contributed by atoms with Crippen LogP contribution in [0.15, 0.2) is 36.5 Å². The molecule has 2 aromatic rings. The Morgan fingerprint density at radius 3 is 2.65 bits per heavy atom. The predicted molar refractivity (Wildman–Crippen MR) is 66.3 cm³/mol. The van der Waals surface area contributed by atoms with Gasteiger partial charge < -0.3 is 10.1 Å². The van der Waals surface area contributed by atoms with E-state index in [0.29, 0.717) is 0 Å². The number of nitrogens with one attached hydrogen (secondary N) is 1. The number of benzene rings is 1. The zero-order chi connectivity index (χ0) is 12.3. The molecule has 88 valence electrons. The van der Waals surface area contributed by atoms with Gasteiger partial charge in [-0.2, -0.15) is 0 Å². The summed E-state index contributed by atoms with van der Waals surface area (Å²) >= 11 is 0. The van der Waals surface area contributed by atoms with Crippen molar-refractivity contribution >= 4 is 5.97 Å². The second kappa shape index (κ2) is 4.87. The molecule has 0 amide bonds. The van der Waals surface area contributed by atoms with Crippen molar-refractivity contribution in [3.8, 4) is 0 Å². The molecule has 0 aliphatic heterocycles. The standard InChI is InChI=1S/C14H15NO2/c1-10-3-2-4-11(7-10)5-6-12-8-13(14(16)17)15-9-12/h2-4,7-9,15H,5-6H2,1H3,(H,16,17). The van der Waals surface area contributed by atoms with Crippen molar-refractivity contribution < 1.29 is 9.90 Å². The highest BCUT2D eigenvalue weighted by Gasteiger charge is 2.05. The SMILES string of the molecule is Cc1cccc(CCc2c[nH]c(C(=O)O)c2)c1. The van der Waals surface area contributed by atoms with Crippen molar-refractivity contribution in [1.29, 1.82) is 0 Å². The maximum Gasteiger partial charge on any atom is 0.352 e. The second-order valence-corrected chi connectivity index (χ2v) is 4.22. The summed E-state index contributed by atoms with van der Waals surface area (Å²) in [5.41, 5.74) is 3.82. The third kappa shape index (κ3) is 2.97. The first kappa shape index (κ1) is 11.5. The smallest absolute Gasteiger partial charge is 0.352 e. The van der Waals surface area contributed by atoms with Crippen LogP contribution < -0.4 is 0 Å². The molecule has 0 atom stereocenters. The van der Waals surface area contributed by atoms with Crippen molar-refractivity contribution in [1.82, 2.24) is 4.98 Å². The van der Waals surface area contributed by atoms with E-state index in [1.807, 2.05) is 6.07 Å². The van der Waals surface area contributed by atoms with Crippen molar-refractivity contribution in [2.75, 3.05) is 0 Å². The summed E-state index contributed by atoms with van der Waals surface area (Å²) in [6.45, 7) is 2.07. The van der Waals surface area contributed by atoms with Gasteiger partial charge in [0.2, 0.25) is 0 Å². The summed E-state index contributed by atoms with van der Waals surface area (Å²) < 4.78 is 0. The molecule has 2 rings (SSSR count). The molecule has 1 aromatic carbocycles. The maximum absolute atomic E-state index is 10.7. The highest BCUT2D eigenvalue weighted by atomic mass is 16.4. The summed E-state index contributed by atoms with van der Waals surface area (Å²) in [7, 11) is 0. The number of hydrogen-bond donors (Lipinski definition) is 2. The first-order valence-electron chi connectivity index (χ1n) is 5.61. The van der Waals surface area contributed by atoms with Gasteiger partial charge in [-0.15, -0.1) is 0 Å². The quantitative estimate of drug-likeness (QED) is 0.847. The van der Waals surface area contributed by atoms with Gasteiger partial charge in [0, 0.05) is 6.20 Å². The van der Waals surface area contributed by atoms with E-state index in [2.05, 4.69) is 30.1 Å². The van der Waals surface area contributed by atoms with Crippen LogP contribution in [0.3, 0.4) is 0 Å². The average molecular weight is 229 g/mol. The van der Waals surface area contributed by atoms with E-state index in [9.17, 15) is 4.79 Å². The molecule has 0 fully saturated rings. The molecule has 2 N–H and O–H groups in total. The number of carboxylic acids is 1. The Morgan fingerprint density at radius 2 is 2.00 bits per heavy atom. The summed E-state index contributed by atoms with van der Waals surface area (Å²) in [6, 6.07) is 10.1. The van der Waals surface area contributed by atoms with Crippen LogP contribution in [0.2, 0.25) is 0 Å². The van der Waals surface area contributed by atoms with Gasteiger partial charge in [-0.25, -0.2) is 4.79 Å². The molecule has 17 heavy (non-hydrogen) atoms. The van der Waals surface area contributed by atoms with E-state index >= 15 is 0 Å². The fourth-order valence-electron chi connectivity index (χ4n) is 1.86. The van der Waals surface area contributed by atoms with Crippen LogP contribution in [-0.2, 0) is 12.8 Å². The Hall–Kier alpha value is -2.03. The molecule has 0 aliphatic rings. The van der Waals surface area contributed by atoms with Crippen LogP contribution in [0.1, 0.15) is 27.2 Å². The van der Waals surface area contributed by atoms with Crippen molar-refractivity contribution in [3.05, 3.63) is 58.9 Å². The average Bonchev–Trinajstić information content (AvgIpc) is 2.75. The number of carboxylic acid groups (broad SMARTS) is 1. The number of aromatic carboxylic acids is 1. The normalized spacial score (nSPS) is 10.4. The lowest BCUT2D eigenvalue weighted by Crippen LogP contribution is -1.95. The van der Waals surface area contributed by atoms with Crippen molar-refractivity contribution in [2.45, 2.75) is 19.8 Å². The largest absolute Gasteiger partial charge is 0.477 e. The number of aromatic nitrogens is 1. The Labute approximate surface area is 100 Å². The zero-order valence-electron chi connectivity index (χ0n) is 9.73. The van der Waals surface area contributed by atoms with E-state index in [1.54, 1.807) is 12.3 Å². The zero-order valence-corrected chi connectivity index (χ0v) is 9.73. The molecule has 1 aromatic heterocycles. The number of aromatic amines is 1. The maximum atomic E-state index is 10.7. The first-order chi connectivity index (χ1) is 8.15. The molecule has 0 bridgehead atoms. The Bertz CT molecular complexity index is 529. The highest BCUT2D eigenvalue weighted by Crippen LogP contribution is 2.10. The van der Waals surface area contributed by atoms with Crippen LogP contribution in [-0.4, -0.2) is 16.1 Å². The summed E-state index contributed by atoms with van der Waals surface area (Å²) in [5.74, 6) is -0.910. The fraction of sp³-hybridized carbons (Fsp3) is 0.214. The summed E-state index contributed by atoms with van der Waals surface area (Å²) in [6.07, 6.45) is 3.55. The first-order valence-corrected chi connectivity index (χ1v) is 5.61. The predicted octanol–water partition coefficient (Wildman–Crippen LogP) is 2.81. The third-order valence-electron chi connectivity index (χ3n) is 2.76. The van der Waals surface area contributed by atoms with E-state index < -0.39 is 5.97 Å². The molecule has 0 aliphatic carbocycles. The van der Waals surface area contributed by atoms with Crippen LogP contribution in [0.4, 0.5) is 0 Å². The molecule has 3 nitrogen and oxygen atoms in total. The molecule has 1 heterocycles. The van der Waals surface area contributed by atoms with Gasteiger partial charge in [0.1, 0.15) is 5.69 Å². The molecule has 3 heteroatoms. The van der Waals surface area contributed by atoms with Gasteiger partial charge in [0.15, 0.2) is 0 Å². The Kier molecular flexibility index (Phi) is 3.28. The minimum absolute atomic E-state index is 0.254. The molecule has 0 unspecified atom stereocenters. The van der Waals surface area contributed by atoms with Gasteiger partial charge in [-0.3, -0.25) is 0 Å². The van der Waals surface area contributed by atoms with Crippen molar-refractivity contribution in [2.24, 2.45) is 0 Å². The molecular weight excluding hydrogens is 214 g/mol.